The minimum absolute atomic E-state index is 0.0951. The Hall–Kier alpha value is -1.53. The van der Waals surface area contributed by atoms with Crippen molar-refractivity contribution in [3.8, 4) is 0 Å². The van der Waals surface area contributed by atoms with E-state index in [4.69, 9.17) is 12.2 Å². The van der Waals surface area contributed by atoms with Crippen molar-refractivity contribution in [2.24, 2.45) is 0 Å². The van der Waals surface area contributed by atoms with Crippen molar-refractivity contribution in [3.63, 3.8) is 0 Å². The molecule has 1 heterocycles. The normalized spacial score (nSPS) is 16.4. The smallest absolute Gasteiger partial charge is 0.270 e. The van der Waals surface area contributed by atoms with E-state index in [-0.39, 0.29) is 10.6 Å². The second-order valence-electron chi connectivity index (χ2n) is 4.70. The largest absolute Gasteiger partial charge is 0.351 e. The fourth-order valence-corrected chi connectivity index (χ4v) is 2.62. The summed E-state index contributed by atoms with van der Waals surface area (Å²) < 4.78 is 0. The van der Waals surface area contributed by atoms with Crippen LogP contribution in [0.5, 0.6) is 0 Å². The van der Waals surface area contributed by atoms with E-state index in [1.54, 1.807) is 17.0 Å². The Morgan fingerprint density at radius 1 is 1.47 bits per heavy atom. The molecule has 0 spiro atoms. The van der Waals surface area contributed by atoms with Crippen LogP contribution in [0.2, 0.25) is 0 Å². The lowest BCUT2D eigenvalue weighted by Gasteiger charge is -2.33. The molecule has 1 N–H and O–H groups in total. The van der Waals surface area contributed by atoms with E-state index >= 15 is 0 Å². The molecule has 0 saturated carbocycles. The van der Waals surface area contributed by atoms with Gasteiger partial charge >= 0.3 is 0 Å². The van der Waals surface area contributed by atoms with E-state index in [9.17, 15) is 10.1 Å². The number of non-ortho nitro benzene ring substituents is 1. The minimum Gasteiger partial charge on any atom is -0.351 e. The number of nitrogens with zero attached hydrogens (tertiary/aromatic N) is 2. The van der Waals surface area contributed by atoms with Gasteiger partial charge in [-0.1, -0.05) is 24.4 Å². The summed E-state index contributed by atoms with van der Waals surface area (Å²) in [6, 6.07) is 6.58. The molecule has 0 radical (unpaired) electrons. The Labute approximate surface area is 118 Å². The highest BCUT2D eigenvalue weighted by atomic mass is 32.1. The van der Waals surface area contributed by atoms with Crippen molar-refractivity contribution in [1.29, 1.82) is 0 Å². The van der Waals surface area contributed by atoms with E-state index in [1.807, 2.05) is 6.07 Å². The zero-order valence-electron chi connectivity index (χ0n) is 11.0. The molecule has 19 heavy (non-hydrogen) atoms. The Balaban J connectivity index is 2.08. The molecular formula is C13H18N3O2S+. The number of hydrogen-bond acceptors (Lipinski definition) is 3. The Kier molecular flexibility index (Phi) is 4.44. The van der Waals surface area contributed by atoms with Crippen LogP contribution < -0.4 is 4.90 Å². The molecule has 1 aromatic carbocycles. The number of hydrogen-bond donors (Lipinski definition) is 1. The maximum Gasteiger partial charge on any atom is 0.270 e. The third-order valence-electron chi connectivity index (χ3n) is 3.56. The van der Waals surface area contributed by atoms with Crippen LogP contribution >= 0.6 is 12.2 Å². The quantitative estimate of drug-likeness (QED) is 0.497. The predicted molar refractivity (Wildman–Crippen MR) is 77.6 cm³/mol. The molecule has 0 atom stereocenters. The summed E-state index contributed by atoms with van der Waals surface area (Å²) in [5.41, 5.74) is 0.863. The SMILES string of the molecule is CC[NH+]1CCN(C(=S)c2cccc([N+](=O)[O-])c2)CC1. The van der Waals surface area contributed by atoms with Gasteiger partial charge in [0.15, 0.2) is 0 Å². The number of thiocarbonyl (C=S) groups is 1. The number of benzene rings is 1. The van der Waals surface area contributed by atoms with Crippen LogP contribution in [0.3, 0.4) is 0 Å². The molecule has 0 unspecified atom stereocenters. The van der Waals surface area contributed by atoms with Crippen LogP contribution in [0, 0.1) is 10.1 Å². The van der Waals surface area contributed by atoms with E-state index in [0.717, 1.165) is 43.3 Å². The van der Waals surface area contributed by atoms with Crippen molar-refractivity contribution in [2.75, 3.05) is 32.7 Å². The van der Waals surface area contributed by atoms with E-state index in [2.05, 4.69) is 11.8 Å². The molecule has 1 aromatic rings. The average molecular weight is 280 g/mol. The van der Waals surface area contributed by atoms with Gasteiger partial charge in [0.2, 0.25) is 0 Å². The first-order chi connectivity index (χ1) is 9.11. The highest BCUT2D eigenvalue weighted by Gasteiger charge is 2.21. The minimum atomic E-state index is -0.384. The predicted octanol–water partition coefficient (Wildman–Crippen LogP) is 0.491. The molecule has 0 amide bonds. The van der Waals surface area contributed by atoms with Crippen molar-refractivity contribution >= 4 is 22.9 Å². The molecule has 1 aliphatic rings. The summed E-state index contributed by atoms with van der Waals surface area (Å²) in [6.45, 7) is 7.31. The van der Waals surface area contributed by atoms with Gasteiger partial charge in [-0.2, -0.15) is 0 Å². The van der Waals surface area contributed by atoms with Crippen molar-refractivity contribution in [3.05, 3.63) is 39.9 Å². The fourth-order valence-electron chi connectivity index (χ4n) is 2.31. The lowest BCUT2D eigenvalue weighted by Crippen LogP contribution is -3.14. The molecule has 102 valence electrons. The molecule has 0 bridgehead atoms. The lowest BCUT2D eigenvalue weighted by molar-refractivity contribution is -0.902. The third kappa shape index (κ3) is 3.27. The van der Waals surface area contributed by atoms with E-state index < -0.39 is 0 Å². The number of rotatable bonds is 3. The van der Waals surface area contributed by atoms with Crippen molar-refractivity contribution in [2.45, 2.75) is 6.92 Å². The molecular weight excluding hydrogens is 262 g/mol. The summed E-state index contributed by atoms with van der Waals surface area (Å²) >= 11 is 5.46. The van der Waals surface area contributed by atoms with Gasteiger partial charge in [-0.3, -0.25) is 10.1 Å². The summed E-state index contributed by atoms with van der Waals surface area (Å²) in [6.07, 6.45) is 0. The molecule has 2 rings (SSSR count). The van der Waals surface area contributed by atoms with E-state index in [0.29, 0.717) is 0 Å². The Morgan fingerprint density at radius 2 is 2.16 bits per heavy atom. The fraction of sp³-hybridized carbons (Fsp3) is 0.462. The van der Waals surface area contributed by atoms with E-state index in [1.165, 1.54) is 6.07 Å². The van der Waals surface area contributed by atoms with Crippen LogP contribution in [-0.2, 0) is 0 Å². The van der Waals surface area contributed by atoms with Gasteiger partial charge in [-0.15, -0.1) is 0 Å². The summed E-state index contributed by atoms with van der Waals surface area (Å²) in [5, 5.41) is 10.8. The van der Waals surface area contributed by atoms with Gasteiger partial charge in [0, 0.05) is 17.7 Å². The number of quaternary nitrogens is 1. The summed E-state index contributed by atoms with van der Waals surface area (Å²) in [5.74, 6) is 0. The molecule has 6 heteroatoms. The summed E-state index contributed by atoms with van der Waals surface area (Å²) in [4.78, 5) is 14.8. The van der Waals surface area contributed by atoms with Gasteiger partial charge < -0.3 is 9.80 Å². The topological polar surface area (TPSA) is 50.8 Å². The van der Waals surface area contributed by atoms with Crippen molar-refractivity contribution in [1.82, 2.24) is 4.90 Å². The molecule has 1 aliphatic heterocycles. The summed E-state index contributed by atoms with van der Waals surface area (Å²) in [7, 11) is 0. The van der Waals surface area contributed by atoms with Crippen LogP contribution in [-0.4, -0.2) is 47.5 Å². The molecule has 5 nitrogen and oxygen atoms in total. The zero-order chi connectivity index (χ0) is 13.8. The zero-order valence-corrected chi connectivity index (χ0v) is 11.8. The molecule has 1 fully saturated rings. The van der Waals surface area contributed by atoms with Crippen LogP contribution in [0.15, 0.2) is 24.3 Å². The standard InChI is InChI=1S/C13H17N3O2S/c1-2-14-6-8-15(9-7-14)13(19)11-4-3-5-12(10-11)16(17)18/h3-5,10H,2,6-9H2,1H3/p+1. The molecule has 0 aromatic heterocycles. The Bertz CT molecular complexity index is 485. The number of nitro groups is 1. The van der Waals surface area contributed by atoms with Gasteiger partial charge in [0.05, 0.1) is 37.6 Å². The van der Waals surface area contributed by atoms with Gasteiger partial charge in [-0.25, -0.2) is 0 Å². The first kappa shape index (κ1) is 13.9. The van der Waals surface area contributed by atoms with Gasteiger partial charge in [0.1, 0.15) is 4.99 Å². The monoisotopic (exact) mass is 280 g/mol. The number of likely N-dealkylation sites (N-methyl/N-ethyl adjacent to an activating group) is 1. The van der Waals surface area contributed by atoms with Crippen molar-refractivity contribution < 1.29 is 9.82 Å². The first-order valence-electron chi connectivity index (χ1n) is 6.49. The third-order valence-corrected chi connectivity index (χ3v) is 4.06. The first-order valence-corrected chi connectivity index (χ1v) is 6.90. The van der Waals surface area contributed by atoms with Crippen LogP contribution in [0.4, 0.5) is 5.69 Å². The second-order valence-corrected chi connectivity index (χ2v) is 5.09. The molecule has 0 aliphatic carbocycles. The number of nitrogens with one attached hydrogen (secondary N) is 1. The highest BCUT2D eigenvalue weighted by Crippen LogP contribution is 2.15. The lowest BCUT2D eigenvalue weighted by atomic mass is 10.1. The van der Waals surface area contributed by atoms with Gasteiger partial charge in [0.25, 0.3) is 5.69 Å². The molecule has 1 saturated heterocycles. The van der Waals surface area contributed by atoms with Crippen LogP contribution in [0.25, 0.3) is 0 Å². The number of nitro benzene ring substituents is 1. The second kappa shape index (κ2) is 6.08. The highest BCUT2D eigenvalue weighted by molar-refractivity contribution is 7.80. The number of piperazine rings is 1. The maximum absolute atomic E-state index is 10.8. The maximum atomic E-state index is 10.8. The van der Waals surface area contributed by atoms with Crippen LogP contribution in [0.1, 0.15) is 12.5 Å². The Morgan fingerprint density at radius 3 is 2.74 bits per heavy atom. The average Bonchev–Trinajstić information content (AvgIpc) is 2.46. The van der Waals surface area contributed by atoms with Gasteiger partial charge in [-0.05, 0) is 6.92 Å².